The summed E-state index contributed by atoms with van der Waals surface area (Å²) in [6.45, 7) is 0.573. The van der Waals surface area contributed by atoms with E-state index in [4.69, 9.17) is 5.53 Å². The number of benzene rings is 1. The molecular weight excluding hydrogens is 244 g/mol. The van der Waals surface area contributed by atoms with Gasteiger partial charge in [-0.3, -0.25) is 9.20 Å². The number of para-hydroxylation sites is 2. The molecule has 7 nitrogen and oxygen atoms in total. The van der Waals surface area contributed by atoms with Crippen molar-refractivity contribution in [3.05, 3.63) is 57.5 Å². The zero-order valence-corrected chi connectivity index (χ0v) is 9.97. The predicted octanol–water partition coefficient (Wildman–Crippen LogP) is 1.96. The van der Waals surface area contributed by atoms with Gasteiger partial charge in [0.1, 0.15) is 0 Å². The maximum Gasteiger partial charge on any atom is 0.294 e. The summed E-state index contributed by atoms with van der Waals surface area (Å²) in [6, 6.07) is 7.57. The fourth-order valence-electron chi connectivity index (χ4n) is 2.19. The van der Waals surface area contributed by atoms with Crippen LogP contribution in [0.3, 0.4) is 0 Å². The van der Waals surface area contributed by atoms with Crippen LogP contribution in [-0.2, 0) is 6.54 Å². The largest absolute Gasteiger partial charge is 0.303 e. The quantitative estimate of drug-likeness (QED) is 0.406. The lowest BCUT2D eigenvalue weighted by atomic mass is 10.3. The number of nitrogens with zero attached hydrogens (tertiary/aromatic N) is 6. The lowest BCUT2D eigenvalue weighted by Crippen LogP contribution is -2.24. The Kier molecular flexibility index (Phi) is 2.66. The molecule has 19 heavy (non-hydrogen) atoms. The molecule has 3 aromatic rings. The molecule has 94 valence electrons. The fourth-order valence-corrected chi connectivity index (χ4v) is 2.19. The molecule has 0 radical (unpaired) electrons. The summed E-state index contributed by atoms with van der Waals surface area (Å²) in [7, 11) is 0. The van der Waals surface area contributed by atoms with Gasteiger partial charge < -0.3 is 4.57 Å². The van der Waals surface area contributed by atoms with Gasteiger partial charge in [-0.15, -0.1) is 0 Å². The molecule has 2 aromatic heterocycles. The van der Waals surface area contributed by atoms with E-state index in [1.807, 2.05) is 24.3 Å². The molecule has 0 aliphatic carbocycles. The van der Waals surface area contributed by atoms with Crippen LogP contribution < -0.4 is 5.56 Å². The molecule has 1 aromatic carbocycles. The molecule has 0 atom stereocenters. The average Bonchev–Trinajstić information content (AvgIpc) is 2.92. The minimum Gasteiger partial charge on any atom is -0.303 e. The van der Waals surface area contributed by atoms with Crippen molar-refractivity contribution in [1.29, 1.82) is 0 Å². The second-order valence-corrected chi connectivity index (χ2v) is 4.02. The van der Waals surface area contributed by atoms with Gasteiger partial charge in [-0.25, -0.2) is 4.98 Å². The molecule has 0 aliphatic heterocycles. The van der Waals surface area contributed by atoms with E-state index in [9.17, 15) is 4.79 Å². The third-order valence-electron chi connectivity index (χ3n) is 3.00. The smallest absolute Gasteiger partial charge is 0.294 e. The van der Waals surface area contributed by atoms with Crippen LogP contribution in [0.4, 0.5) is 0 Å². The Balaban J connectivity index is 2.35. The van der Waals surface area contributed by atoms with Crippen molar-refractivity contribution in [2.24, 2.45) is 5.11 Å². The summed E-state index contributed by atoms with van der Waals surface area (Å²) in [5.74, 6) is 0. The second kappa shape index (κ2) is 4.47. The fraction of sp³-hybridized carbons (Fsp3) is 0.167. The van der Waals surface area contributed by atoms with Crippen LogP contribution in [0.5, 0.6) is 0 Å². The second-order valence-electron chi connectivity index (χ2n) is 4.02. The van der Waals surface area contributed by atoms with Gasteiger partial charge in [0.05, 0.1) is 11.0 Å². The highest BCUT2D eigenvalue weighted by molar-refractivity contribution is 5.78. The highest BCUT2D eigenvalue weighted by Gasteiger charge is 2.10. The number of aromatic nitrogens is 3. The number of hydrogen-bond acceptors (Lipinski definition) is 3. The summed E-state index contributed by atoms with van der Waals surface area (Å²) in [5, 5.41) is 3.48. The first-order chi connectivity index (χ1) is 9.33. The van der Waals surface area contributed by atoms with E-state index in [-0.39, 0.29) is 12.1 Å². The van der Waals surface area contributed by atoms with Gasteiger partial charge in [0.15, 0.2) is 0 Å². The summed E-state index contributed by atoms with van der Waals surface area (Å²) < 4.78 is 3.36. The number of fused-ring (bicyclic) bond motifs is 3. The van der Waals surface area contributed by atoms with E-state index in [0.29, 0.717) is 12.2 Å². The molecule has 0 saturated heterocycles. The molecule has 0 saturated carbocycles. The van der Waals surface area contributed by atoms with Crippen LogP contribution in [-0.4, -0.2) is 20.5 Å². The van der Waals surface area contributed by atoms with E-state index in [1.165, 1.54) is 0 Å². The lowest BCUT2D eigenvalue weighted by molar-refractivity contribution is 0.703. The van der Waals surface area contributed by atoms with Gasteiger partial charge in [0.2, 0.25) is 5.65 Å². The normalized spacial score (nSPS) is 10.7. The van der Waals surface area contributed by atoms with Crippen molar-refractivity contribution < 1.29 is 0 Å². The zero-order valence-electron chi connectivity index (χ0n) is 9.97. The standard InChI is InChI=1S/C12H10N6O/c13-16-15-6-8-18-10-4-2-1-3-9(10)17-7-5-14-11(17)12(18)19/h1-5,7H,6,8H2. The Morgan fingerprint density at radius 3 is 2.89 bits per heavy atom. The van der Waals surface area contributed by atoms with Crippen molar-refractivity contribution in [1.82, 2.24) is 14.0 Å². The summed E-state index contributed by atoms with van der Waals surface area (Å²) >= 11 is 0. The van der Waals surface area contributed by atoms with Crippen LogP contribution in [0.25, 0.3) is 27.1 Å². The average molecular weight is 254 g/mol. The van der Waals surface area contributed by atoms with Crippen molar-refractivity contribution in [2.75, 3.05) is 6.54 Å². The number of rotatable bonds is 3. The molecule has 0 unspecified atom stereocenters. The molecular formula is C12H10N6O. The van der Waals surface area contributed by atoms with Gasteiger partial charge in [0.25, 0.3) is 5.56 Å². The Bertz CT molecular complexity index is 855. The van der Waals surface area contributed by atoms with Crippen molar-refractivity contribution >= 4 is 16.7 Å². The molecule has 3 rings (SSSR count). The van der Waals surface area contributed by atoms with Gasteiger partial charge >= 0.3 is 0 Å². The molecule has 7 heteroatoms. The molecule has 0 amide bonds. The van der Waals surface area contributed by atoms with Crippen molar-refractivity contribution in [3.8, 4) is 0 Å². The van der Waals surface area contributed by atoms with E-state index >= 15 is 0 Å². The Hall–Kier alpha value is -2.79. The molecule has 0 fully saturated rings. The van der Waals surface area contributed by atoms with E-state index in [2.05, 4.69) is 15.0 Å². The Morgan fingerprint density at radius 1 is 1.32 bits per heavy atom. The molecule has 0 spiro atoms. The van der Waals surface area contributed by atoms with Gasteiger partial charge in [-0.1, -0.05) is 17.2 Å². The van der Waals surface area contributed by atoms with Crippen LogP contribution >= 0.6 is 0 Å². The third-order valence-corrected chi connectivity index (χ3v) is 3.00. The van der Waals surface area contributed by atoms with E-state index in [1.54, 1.807) is 21.4 Å². The zero-order chi connectivity index (χ0) is 13.2. The van der Waals surface area contributed by atoms with Crippen LogP contribution in [0.15, 0.2) is 46.6 Å². The SMILES string of the molecule is [N-]=[N+]=NCCn1c(=O)c2nccn2c2ccccc21. The van der Waals surface area contributed by atoms with Crippen molar-refractivity contribution in [2.45, 2.75) is 6.54 Å². The summed E-state index contributed by atoms with van der Waals surface area (Å²) in [6.07, 6.45) is 3.36. The van der Waals surface area contributed by atoms with Gasteiger partial charge in [-0.2, -0.15) is 0 Å². The predicted molar refractivity (Wildman–Crippen MR) is 71.0 cm³/mol. The van der Waals surface area contributed by atoms with Crippen LogP contribution in [0, 0.1) is 0 Å². The first-order valence-corrected chi connectivity index (χ1v) is 5.78. The maximum atomic E-state index is 12.3. The molecule has 0 aliphatic rings. The first kappa shape index (κ1) is 11.3. The third kappa shape index (κ3) is 1.73. The molecule has 0 bridgehead atoms. The molecule has 2 heterocycles. The lowest BCUT2D eigenvalue weighted by Gasteiger charge is -2.10. The highest BCUT2D eigenvalue weighted by atomic mass is 16.1. The number of imidazole rings is 1. The summed E-state index contributed by atoms with van der Waals surface area (Å²) in [4.78, 5) is 19.1. The van der Waals surface area contributed by atoms with E-state index < -0.39 is 0 Å². The number of azide groups is 1. The maximum absolute atomic E-state index is 12.3. The van der Waals surface area contributed by atoms with Crippen LogP contribution in [0.1, 0.15) is 0 Å². The highest BCUT2D eigenvalue weighted by Crippen LogP contribution is 2.13. The Labute approximate surface area is 107 Å². The van der Waals surface area contributed by atoms with Gasteiger partial charge in [0, 0.05) is 30.4 Å². The van der Waals surface area contributed by atoms with E-state index in [0.717, 1.165) is 11.0 Å². The summed E-state index contributed by atoms with van der Waals surface area (Å²) in [5.41, 5.74) is 10.2. The topological polar surface area (TPSA) is 88.1 Å². The number of hydrogen-bond donors (Lipinski definition) is 0. The molecule has 0 N–H and O–H groups in total. The van der Waals surface area contributed by atoms with Crippen LogP contribution in [0.2, 0.25) is 0 Å². The minimum absolute atomic E-state index is 0.183. The first-order valence-electron chi connectivity index (χ1n) is 5.78. The monoisotopic (exact) mass is 254 g/mol. The Morgan fingerprint density at radius 2 is 2.11 bits per heavy atom. The minimum atomic E-state index is -0.183. The van der Waals surface area contributed by atoms with Gasteiger partial charge in [-0.05, 0) is 17.7 Å². The van der Waals surface area contributed by atoms with Crippen molar-refractivity contribution in [3.63, 3.8) is 0 Å².